The third-order valence-corrected chi connectivity index (χ3v) is 3.40. The van der Waals surface area contributed by atoms with Crippen molar-refractivity contribution in [1.82, 2.24) is 0 Å². The second-order valence-electron chi connectivity index (χ2n) is 4.73. The number of anilines is 1. The van der Waals surface area contributed by atoms with Gasteiger partial charge >= 0.3 is 11.6 Å². The molecule has 0 atom stereocenters. The topological polar surface area (TPSA) is 59.8 Å². The van der Waals surface area contributed by atoms with Gasteiger partial charge in [-0.25, -0.2) is 9.59 Å². The molecule has 0 spiro atoms. The van der Waals surface area contributed by atoms with Gasteiger partial charge < -0.3 is 14.1 Å². The number of ether oxygens (including phenoxy) is 1. The van der Waals surface area contributed by atoms with Crippen LogP contribution in [0.2, 0.25) is 0 Å². The minimum atomic E-state index is -0.705. The van der Waals surface area contributed by atoms with Gasteiger partial charge in [-0.3, -0.25) is 0 Å². The summed E-state index contributed by atoms with van der Waals surface area (Å²) >= 11 is 0. The summed E-state index contributed by atoms with van der Waals surface area (Å²) in [7, 11) is 0. The lowest BCUT2D eigenvalue weighted by Crippen LogP contribution is -2.21. The molecule has 1 aromatic carbocycles. The lowest BCUT2D eigenvalue weighted by molar-refractivity contribution is 0.0545. The van der Waals surface area contributed by atoms with Gasteiger partial charge in [0.05, 0.1) is 0 Å². The Bertz CT molecular complexity index is 744. The summed E-state index contributed by atoms with van der Waals surface area (Å²) in [6.07, 6.45) is 1.44. The van der Waals surface area contributed by atoms with Gasteiger partial charge in [0.15, 0.2) is 0 Å². The highest BCUT2D eigenvalue weighted by molar-refractivity contribution is 5.93. The molecule has 0 saturated carbocycles. The van der Waals surface area contributed by atoms with Crippen molar-refractivity contribution in [1.29, 1.82) is 0 Å². The Morgan fingerprint density at radius 2 is 2.05 bits per heavy atom. The highest BCUT2D eigenvalue weighted by Gasteiger charge is 2.15. The molecular formula is C17H19NO4. The van der Waals surface area contributed by atoms with E-state index >= 15 is 0 Å². The number of esters is 1. The number of carbonyl (C=O) groups is 1. The number of rotatable bonds is 6. The number of hydrogen-bond acceptors (Lipinski definition) is 5. The van der Waals surface area contributed by atoms with Crippen molar-refractivity contribution in [3.8, 4) is 0 Å². The molecule has 2 rings (SSSR count). The van der Waals surface area contributed by atoms with E-state index in [0.717, 1.165) is 18.8 Å². The maximum absolute atomic E-state index is 12.0. The summed E-state index contributed by atoms with van der Waals surface area (Å²) in [4.78, 5) is 25.9. The fourth-order valence-electron chi connectivity index (χ4n) is 2.24. The average Bonchev–Trinajstić information content (AvgIpc) is 2.53. The molecule has 5 nitrogen and oxygen atoms in total. The van der Waals surface area contributed by atoms with Crippen LogP contribution in [0.1, 0.15) is 24.2 Å². The van der Waals surface area contributed by atoms with E-state index in [-0.39, 0.29) is 12.2 Å². The molecule has 0 amide bonds. The zero-order valence-electron chi connectivity index (χ0n) is 12.8. The van der Waals surface area contributed by atoms with E-state index in [9.17, 15) is 9.59 Å². The molecule has 0 unspecified atom stereocenters. The van der Waals surface area contributed by atoms with Crippen LogP contribution in [-0.2, 0) is 4.74 Å². The summed E-state index contributed by atoms with van der Waals surface area (Å²) in [5.74, 6) is -0.705. The van der Waals surface area contributed by atoms with Crippen LogP contribution in [0.4, 0.5) is 5.69 Å². The molecule has 2 aromatic rings. The predicted molar refractivity (Wildman–Crippen MR) is 86.5 cm³/mol. The van der Waals surface area contributed by atoms with E-state index < -0.39 is 11.6 Å². The van der Waals surface area contributed by atoms with Crippen molar-refractivity contribution in [2.45, 2.75) is 13.8 Å². The van der Waals surface area contributed by atoms with E-state index in [2.05, 4.69) is 25.3 Å². The monoisotopic (exact) mass is 301 g/mol. The zero-order chi connectivity index (χ0) is 16.1. The van der Waals surface area contributed by atoms with Gasteiger partial charge in [-0.2, -0.15) is 0 Å². The van der Waals surface area contributed by atoms with E-state index in [1.165, 1.54) is 12.1 Å². The van der Waals surface area contributed by atoms with E-state index in [1.54, 1.807) is 0 Å². The lowest BCUT2D eigenvalue weighted by Gasteiger charge is -2.20. The summed E-state index contributed by atoms with van der Waals surface area (Å²) in [6.45, 7) is 9.35. The smallest absolute Gasteiger partial charge is 0.351 e. The van der Waals surface area contributed by atoms with Crippen LogP contribution in [-0.4, -0.2) is 25.7 Å². The van der Waals surface area contributed by atoms with Crippen LogP contribution >= 0.6 is 0 Å². The van der Waals surface area contributed by atoms with Crippen LogP contribution in [0.5, 0.6) is 0 Å². The van der Waals surface area contributed by atoms with Gasteiger partial charge in [-0.05, 0) is 32.0 Å². The van der Waals surface area contributed by atoms with E-state index in [0.29, 0.717) is 11.0 Å². The molecule has 22 heavy (non-hydrogen) atoms. The molecule has 1 aromatic heterocycles. The largest absolute Gasteiger partial charge is 0.458 e. The fourth-order valence-corrected chi connectivity index (χ4v) is 2.24. The molecule has 0 aliphatic rings. The highest BCUT2D eigenvalue weighted by Crippen LogP contribution is 2.22. The first-order valence-corrected chi connectivity index (χ1v) is 7.21. The third-order valence-electron chi connectivity index (χ3n) is 3.40. The summed E-state index contributed by atoms with van der Waals surface area (Å²) in [5, 5.41) is 0.682. The number of benzene rings is 1. The number of carbonyl (C=O) groups excluding carboxylic acids is 1. The highest BCUT2D eigenvalue weighted by atomic mass is 16.5. The molecule has 0 N–H and O–H groups in total. The number of fused-ring (bicyclic) bond motifs is 1. The first-order chi connectivity index (χ1) is 10.6. The Hall–Kier alpha value is -2.56. The normalized spacial score (nSPS) is 10.5. The molecule has 1 heterocycles. The van der Waals surface area contributed by atoms with Crippen molar-refractivity contribution in [2.24, 2.45) is 0 Å². The third kappa shape index (κ3) is 3.19. The maximum Gasteiger partial charge on any atom is 0.351 e. The van der Waals surface area contributed by atoms with Gasteiger partial charge in [0, 0.05) is 30.2 Å². The SMILES string of the molecule is C=CCOC(=O)c1cc2ccc(N(CC)CC)cc2oc1=O. The average molecular weight is 301 g/mol. The number of hydrogen-bond donors (Lipinski definition) is 0. The van der Waals surface area contributed by atoms with E-state index in [4.69, 9.17) is 9.15 Å². The molecule has 0 aliphatic carbocycles. The van der Waals surface area contributed by atoms with Gasteiger partial charge in [-0.1, -0.05) is 12.7 Å². The first kappa shape index (κ1) is 15.8. The van der Waals surface area contributed by atoms with Crippen LogP contribution < -0.4 is 10.5 Å². The summed E-state index contributed by atoms with van der Waals surface area (Å²) in [6, 6.07) is 7.07. The summed E-state index contributed by atoms with van der Waals surface area (Å²) in [5.41, 5.74) is 0.625. The Kier molecular flexibility index (Phi) is 4.99. The van der Waals surface area contributed by atoms with Crippen LogP contribution in [0.15, 0.2) is 46.1 Å². The lowest BCUT2D eigenvalue weighted by atomic mass is 10.1. The van der Waals surface area contributed by atoms with Gasteiger partial charge in [0.1, 0.15) is 17.8 Å². The summed E-state index contributed by atoms with van der Waals surface area (Å²) < 4.78 is 10.1. The second-order valence-corrected chi connectivity index (χ2v) is 4.73. The quantitative estimate of drug-likeness (QED) is 0.466. The molecule has 0 saturated heterocycles. The molecule has 0 fully saturated rings. The van der Waals surface area contributed by atoms with Crippen molar-refractivity contribution in [2.75, 3.05) is 24.6 Å². The van der Waals surface area contributed by atoms with E-state index in [1.807, 2.05) is 18.2 Å². The second kappa shape index (κ2) is 6.93. The Morgan fingerprint density at radius 3 is 2.68 bits per heavy atom. The standard InChI is InChI=1S/C17H19NO4/c1-4-9-21-16(19)14-10-12-7-8-13(18(5-2)6-3)11-15(12)22-17(14)20/h4,7-8,10-11H,1,5-6,9H2,2-3H3. The van der Waals surface area contributed by atoms with Crippen LogP contribution in [0.3, 0.4) is 0 Å². The molecule has 5 heteroatoms. The molecule has 0 radical (unpaired) electrons. The molecule has 0 aliphatic heterocycles. The fraction of sp³-hybridized carbons (Fsp3) is 0.294. The predicted octanol–water partition coefficient (Wildman–Crippen LogP) is 2.98. The van der Waals surface area contributed by atoms with Crippen molar-refractivity contribution >= 4 is 22.6 Å². The molecule has 0 bridgehead atoms. The van der Waals surface area contributed by atoms with Gasteiger partial charge in [0.2, 0.25) is 0 Å². The van der Waals surface area contributed by atoms with Crippen molar-refractivity contribution in [3.05, 3.63) is 52.9 Å². The van der Waals surface area contributed by atoms with Crippen LogP contribution in [0.25, 0.3) is 11.0 Å². The minimum absolute atomic E-state index is 0.0528. The van der Waals surface area contributed by atoms with Gasteiger partial charge in [-0.15, -0.1) is 0 Å². The first-order valence-electron chi connectivity index (χ1n) is 7.21. The minimum Gasteiger partial charge on any atom is -0.458 e. The Balaban J connectivity index is 2.44. The zero-order valence-corrected chi connectivity index (χ0v) is 12.8. The Morgan fingerprint density at radius 1 is 1.32 bits per heavy atom. The van der Waals surface area contributed by atoms with Crippen molar-refractivity contribution in [3.63, 3.8) is 0 Å². The molecular weight excluding hydrogens is 282 g/mol. The van der Waals surface area contributed by atoms with Gasteiger partial charge in [0.25, 0.3) is 0 Å². The Labute approximate surface area is 128 Å². The number of nitrogens with zero attached hydrogens (tertiary/aromatic N) is 1. The molecule has 116 valence electrons. The maximum atomic E-state index is 12.0. The van der Waals surface area contributed by atoms with Crippen molar-refractivity contribution < 1.29 is 13.9 Å². The van der Waals surface area contributed by atoms with Crippen LogP contribution in [0, 0.1) is 0 Å².